The van der Waals surface area contributed by atoms with Crippen molar-refractivity contribution in [2.45, 2.75) is 0 Å². The number of non-ortho nitro benzene ring substituents is 1. The Morgan fingerprint density at radius 2 is 1.69 bits per heavy atom. The average Bonchev–Trinajstić information content (AvgIpc) is 3.24. The fraction of sp³-hybridized carbons (Fsp3) is 0.0833. The van der Waals surface area contributed by atoms with Crippen LogP contribution in [0.4, 0.5) is 5.69 Å². The molecule has 0 bridgehead atoms. The van der Waals surface area contributed by atoms with Crippen LogP contribution in [0.15, 0.2) is 72.9 Å². The molecule has 0 spiro atoms. The number of nitro benzene ring substituents is 1. The van der Waals surface area contributed by atoms with E-state index in [1.807, 2.05) is 42.5 Å². The molecule has 0 saturated carbocycles. The zero-order valence-electron chi connectivity index (χ0n) is 17.4. The highest BCUT2D eigenvalue weighted by Crippen LogP contribution is 2.36. The summed E-state index contributed by atoms with van der Waals surface area (Å²) >= 11 is 0. The molecule has 0 radical (unpaired) electrons. The van der Waals surface area contributed by atoms with Crippen LogP contribution in [0.3, 0.4) is 0 Å². The van der Waals surface area contributed by atoms with Crippen molar-refractivity contribution in [1.82, 2.24) is 14.8 Å². The summed E-state index contributed by atoms with van der Waals surface area (Å²) in [6.07, 6.45) is 1.78. The second-order valence-electron chi connectivity index (χ2n) is 7.17. The molecule has 0 aliphatic rings. The standard InChI is InChI=1S/C24H18N4O4/c1-31-18-8-3-5-15(11-18)23-21-14-25-22-10-9-19(32-2)13-20(22)24(21)27(26-23)16-6-4-7-17(12-16)28(29)30/h3-14H,1-2H3. The number of nitro groups is 1. The van der Waals surface area contributed by atoms with Gasteiger partial charge in [-0.3, -0.25) is 15.1 Å². The summed E-state index contributed by atoms with van der Waals surface area (Å²) < 4.78 is 12.5. The minimum atomic E-state index is -0.416. The van der Waals surface area contributed by atoms with Crippen molar-refractivity contribution in [1.29, 1.82) is 0 Å². The Bertz CT molecular complexity index is 1490. The highest BCUT2D eigenvalue weighted by molar-refractivity contribution is 6.09. The van der Waals surface area contributed by atoms with E-state index in [0.717, 1.165) is 27.4 Å². The molecule has 0 fully saturated rings. The number of ether oxygens (including phenoxy) is 2. The van der Waals surface area contributed by atoms with Gasteiger partial charge in [0.15, 0.2) is 0 Å². The number of hydrogen-bond donors (Lipinski definition) is 0. The number of pyridine rings is 1. The van der Waals surface area contributed by atoms with Crippen molar-refractivity contribution in [3.8, 4) is 28.4 Å². The van der Waals surface area contributed by atoms with E-state index in [0.29, 0.717) is 22.9 Å². The van der Waals surface area contributed by atoms with Crippen molar-refractivity contribution in [2.24, 2.45) is 0 Å². The van der Waals surface area contributed by atoms with E-state index >= 15 is 0 Å². The highest BCUT2D eigenvalue weighted by Gasteiger charge is 2.19. The Hall–Kier alpha value is -4.46. The predicted molar refractivity (Wildman–Crippen MR) is 122 cm³/mol. The van der Waals surface area contributed by atoms with Crippen LogP contribution in [0.1, 0.15) is 0 Å². The Morgan fingerprint density at radius 3 is 2.47 bits per heavy atom. The molecule has 8 heteroatoms. The van der Waals surface area contributed by atoms with Gasteiger partial charge in [0.25, 0.3) is 5.69 Å². The molecule has 0 amide bonds. The van der Waals surface area contributed by atoms with Gasteiger partial charge >= 0.3 is 0 Å². The molecule has 3 aromatic carbocycles. The number of rotatable bonds is 5. The minimum absolute atomic E-state index is 0.00924. The Kier molecular flexibility index (Phi) is 4.67. The maximum Gasteiger partial charge on any atom is 0.271 e. The van der Waals surface area contributed by atoms with Gasteiger partial charge in [-0.05, 0) is 36.4 Å². The number of aromatic nitrogens is 3. The van der Waals surface area contributed by atoms with Crippen LogP contribution in [0.25, 0.3) is 38.8 Å². The summed E-state index contributed by atoms with van der Waals surface area (Å²) in [5, 5.41) is 17.9. The maximum absolute atomic E-state index is 11.4. The van der Waals surface area contributed by atoms with Gasteiger partial charge < -0.3 is 9.47 Å². The second kappa shape index (κ2) is 7.66. The number of hydrogen-bond acceptors (Lipinski definition) is 6. The molecule has 5 rings (SSSR count). The molecule has 158 valence electrons. The van der Waals surface area contributed by atoms with Crippen LogP contribution in [0, 0.1) is 10.1 Å². The lowest BCUT2D eigenvalue weighted by Gasteiger charge is -2.07. The van der Waals surface area contributed by atoms with Gasteiger partial charge in [-0.2, -0.15) is 5.10 Å². The van der Waals surface area contributed by atoms with E-state index in [-0.39, 0.29) is 5.69 Å². The first kappa shape index (κ1) is 19.5. The minimum Gasteiger partial charge on any atom is -0.497 e. The number of fused-ring (bicyclic) bond motifs is 3. The van der Waals surface area contributed by atoms with Gasteiger partial charge in [0, 0.05) is 34.7 Å². The molecular weight excluding hydrogens is 408 g/mol. The fourth-order valence-corrected chi connectivity index (χ4v) is 3.80. The first-order valence-corrected chi connectivity index (χ1v) is 9.84. The highest BCUT2D eigenvalue weighted by atomic mass is 16.6. The van der Waals surface area contributed by atoms with E-state index in [2.05, 4.69) is 4.98 Å². The first-order chi connectivity index (χ1) is 15.6. The molecule has 0 aliphatic heterocycles. The topological polar surface area (TPSA) is 92.3 Å². The summed E-state index contributed by atoms with van der Waals surface area (Å²) in [6, 6.07) is 19.6. The van der Waals surface area contributed by atoms with Crippen LogP contribution < -0.4 is 9.47 Å². The summed E-state index contributed by atoms with van der Waals surface area (Å²) in [6.45, 7) is 0. The lowest BCUT2D eigenvalue weighted by molar-refractivity contribution is -0.384. The van der Waals surface area contributed by atoms with Gasteiger partial charge in [0.1, 0.15) is 17.2 Å². The molecular formula is C24H18N4O4. The Morgan fingerprint density at radius 1 is 0.906 bits per heavy atom. The van der Waals surface area contributed by atoms with Crippen molar-refractivity contribution < 1.29 is 14.4 Å². The van der Waals surface area contributed by atoms with Gasteiger partial charge in [0.05, 0.1) is 35.9 Å². The van der Waals surface area contributed by atoms with Gasteiger partial charge in [-0.15, -0.1) is 0 Å². The third kappa shape index (κ3) is 3.18. The zero-order chi connectivity index (χ0) is 22.2. The number of methoxy groups -OCH3 is 2. The number of nitrogens with zero attached hydrogens (tertiary/aromatic N) is 4. The van der Waals surface area contributed by atoms with E-state index in [1.165, 1.54) is 12.1 Å². The molecule has 0 unspecified atom stereocenters. The molecule has 0 aliphatic carbocycles. The van der Waals surface area contributed by atoms with Crippen molar-refractivity contribution in [3.63, 3.8) is 0 Å². The van der Waals surface area contributed by atoms with E-state index in [1.54, 1.807) is 37.2 Å². The van der Waals surface area contributed by atoms with E-state index in [9.17, 15) is 10.1 Å². The van der Waals surface area contributed by atoms with Crippen LogP contribution >= 0.6 is 0 Å². The lowest BCUT2D eigenvalue weighted by Crippen LogP contribution is -1.99. The van der Waals surface area contributed by atoms with Gasteiger partial charge in [-0.1, -0.05) is 18.2 Å². The van der Waals surface area contributed by atoms with Crippen LogP contribution in [0.2, 0.25) is 0 Å². The normalized spacial score (nSPS) is 11.1. The smallest absolute Gasteiger partial charge is 0.271 e. The summed E-state index contributed by atoms with van der Waals surface area (Å²) in [7, 11) is 3.22. The average molecular weight is 426 g/mol. The van der Waals surface area contributed by atoms with Crippen molar-refractivity contribution >= 4 is 27.5 Å². The quantitative estimate of drug-likeness (QED) is 0.284. The predicted octanol–water partition coefficient (Wildman–Crippen LogP) is 5.17. The maximum atomic E-state index is 11.4. The van der Waals surface area contributed by atoms with Crippen LogP contribution in [-0.4, -0.2) is 33.9 Å². The third-order valence-electron chi connectivity index (χ3n) is 5.34. The monoisotopic (exact) mass is 426 g/mol. The Labute approximate surface area is 182 Å². The second-order valence-corrected chi connectivity index (χ2v) is 7.17. The molecule has 32 heavy (non-hydrogen) atoms. The molecule has 2 heterocycles. The lowest BCUT2D eigenvalue weighted by atomic mass is 10.1. The largest absolute Gasteiger partial charge is 0.497 e. The van der Waals surface area contributed by atoms with Crippen LogP contribution in [-0.2, 0) is 0 Å². The van der Waals surface area contributed by atoms with Crippen LogP contribution in [0.5, 0.6) is 11.5 Å². The SMILES string of the molecule is COc1cccc(-c2nn(-c3cccc([N+](=O)[O-])c3)c3c2cnc2ccc(OC)cc23)c1. The van der Waals surface area contributed by atoms with Crippen molar-refractivity contribution in [3.05, 3.63) is 83.0 Å². The Balaban J connectivity index is 1.88. The summed E-state index contributed by atoms with van der Waals surface area (Å²) in [5.74, 6) is 1.39. The summed E-state index contributed by atoms with van der Waals surface area (Å²) in [5.41, 5.74) is 3.66. The molecule has 5 aromatic rings. The summed E-state index contributed by atoms with van der Waals surface area (Å²) in [4.78, 5) is 15.6. The first-order valence-electron chi connectivity index (χ1n) is 9.84. The molecule has 0 atom stereocenters. The zero-order valence-corrected chi connectivity index (χ0v) is 17.4. The number of benzene rings is 3. The molecule has 2 aromatic heterocycles. The van der Waals surface area contributed by atoms with Gasteiger partial charge in [0.2, 0.25) is 0 Å². The molecule has 8 nitrogen and oxygen atoms in total. The molecule has 0 saturated heterocycles. The fourth-order valence-electron chi connectivity index (χ4n) is 3.80. The van der Waals surface area contributed by atoms with E-state index in [4.69, 9.17) is 14.6 Å². The third-order valence-corrected chi connectivity index (χ3v) is 5.34. The van der Waals surface area contributed by atoms with Crippen molar-refractivity contribution in [2.75, 3.05) is 14.2 Å². The van der Waals surface area contributed by atoms with E-state index < -0.39 is 4.92 Å². The van der Waals surface area contributed by atoms with Gasteiger partial charge in [-0.25, -0.2) is 4.68 Å². The molecule has 0 N–H and O–H groups in total.